The van der Waals surface area contributed by atoms with Gasteiger partial charge in [0.1, 0.15) is 17.3 Å². The minimum atomic E-state index is -0.0955. The molecule has 0 saturated carbocycles. The monoisotopic (exact) mass is 495 g/mol. The number of hydrogen-bond donors (Lipinski definition) is 0. The zero-order chi connectivity index (χ0) is 23.8. The maximum Gasteiger partial charge on any atom is 0.227 e. The van der Waals surface area contributed by atoms with Crippen LogP contribution in [0, 0.1) is 0 Å². The quantitative estimate of drug-likeness (QED) is 0.332. The lowest BCUT2D eigenvalue weighted by molar-refractivity contribution is -0.117. The topological polar surface area (TPSA) is 56.6 Å². The fraction of sp³-hybridized carbons (Fsp3) is 0.231. The van der Waals surface area contributed by atoms with Gasteiger partial charge in [0.05, 0.1) is 37.5 Å². The van der Waals surface area contributed by atoms with Gasteiger partial charge in [-0.05, 0) is 42.0 Å². The number of fused-ring (bicyclic) bond motifs is 1. The molecule has 0 radical (unpaired) electrons. The van der Waals surface area contributed by atoms with Gasteiger partial charge in [-0.15, -0.1) is 0 Å². The van der Waals surface area contributed by atoms with Crippen LogP contribution in [-0.4, -0.2) is 36.2 Å². The van der Waals surface area contributed by atoms with E-state index in [9.17, 15) is 4.79 Å². The lowest BCUT2D eigenvalue weighted by Gasteiger charge is -2.20. The van der Waals surface area contributed by atoms with Crippen LogP contribution in [0.1, 0.15) is 23.7 Å². The summed E-state index contributed by atoms with van der Waals surface area (Å²) in [6, 6.07) is 18.9. The second-order valence-electron chi connectivity index (χ2n) is 8.22. The Kier molecular flexibility index (Phi) is 6.11. The number of carbonyl (C=O) groups excluding carboxylic acids is 1. The summed E-state index contributed by atoms with van der Waals surface area (Å²) in [5, 5.41) is 1.19. The molecule has 3 aromatic carbocycles. The normalized spacial score (nSPS) is 15.8. The molecule has 0 bridgehead atoms. The summed E-state index contributed by atoms with van der Waals surface area (Å²) in [5.41, 5.74) is 3.50. The third-order valence-electron chi connectivity index (χ3n) is 6.19. The van der Waals surface area contributed by atoms with Crippen LogP contribution in [0.2, 0.25) is 10.0 Å². The Morgan fingerprint density at radius 2 is 1.85 bits per heavy atom. The van der Waals surface area contributed by atoms with Crippen molar-refractivity contribution < 1.29 is 14.3 Å². The first-order valence-corrected chi connectivity index (χ1v) is 11.7. The molecule has 1 aromatic heterocycles. The first-order chi connectivity index (χ1) is 16.5. The maximum absolute atomic E-state index is 13.2. The molecule has 2 heterocycles. The van der Waals surface area contributed by atoms with E-state index < -0.39 is 0 Å². The van der Waals surface area contributed by atoms with E-state index in [2.05, 4.69) is 4.57 Å². The van der Waals surface area contributed by atoms with Gasteiger partial charge in [-0.1, -0.05) is 41.4 Å². The average molecular weight is 496 g/mol. The first-order valence-electron chi connectivity index (χ1n) is 10.9. The molecule has 1 unspecified atom stereocenters. The number of ether oxygens (including phenoxy) is 2. The highest BCUT2D eigenvalue weighted by Crippen LogP contribution is 2.39. The number of halogens is 2. The largest absolute Gasteiger partial charge is 0.497 e. The lowest BCUT2D eigenvalue weighted by atomic mass is 10.1. The van der Waals surface area contributed by atoms with E-state index in [1.54, 1.807) is 25.2 Å². The summed E-state index contributed by atoms with van der Waals surface area (Å²) in [5.74, 6) is 2.06. The van der Waals surface area contributed by atoms with Crippen LogP contribution in [0.15, 0.2) is 60.7 Å². The molecule has 8 heteroatoms. The van der Waals surface area contributed by atoms with Crippen LogP contribution in [0.25, 0.3) is 11.0 Å². The maximum atomic E-state index is 13.2. The summed E-state index contributed by atoms with van der Waals surface area (Å²) in [4.78, 5) is 19.9. The van der Waals surface area contributed by atoms with Crippen molar-refractivity contribution in [1.82, 2.24) is 9.55 Å². The summed E-state index contributed by atoms with van der Waals surface area (Å²) in [7, 11) is 3.20. The zero-order valence-electron chi connectivity index (χ0n) is 18.8. The molecule has 5 rings (SSSR count). The summed E-state index contributed by atoms with van der Waals surface area (Å²) in [6.07, 6.45) is 0.345. The highest BCUT2D eigenvalue weighted by atomic mass is 35.5. The van der Waals surface area contributed by atoms with Gasteiger partial charge in [-0.3, -0.25) is 4.79 Å². The van der Waals surface area contributed by atoms with E-state index in [0.717, 1.165) is 22.4 Å². The number of nitrogens with zero attached hydrogens (tertiary/aromatic N) is 3. The van der Waals surface area contributed by atoms with Gasteiger partial charge in [-0.25, -0.2) is 4.98 Å². The van der Waals surface area contributed by atoms with E-state index in [0.29, 0.717) is 46.7 Å². The van der Waals surface area contributed by atoms with Crippen LogP contribution < -0.4 is 14.4 Å². The Labute approximate surface area is 207 Å². The number of amides is 1. The summed E-state index contributed by atoms with van der Waals surface area (Å²) < 4.78 is 13.0. The van der Waals surface area contributed by atoms with E-state index in [1.807, 2.05) is 54.6 Å². The SMILES string of the molecule is COc1ccc(OC)c(N2CC(c3nc4ccccc4n3Cc3ccc(Cl)cc3Cl)CC2=O)c1. The smallest absolute Gasteiger partial charge is 0.227 e. The van der Waals surface area contributed by atoms with Crippen LogP contribution in [0.4, 0.5) is 5.69 Å². The first kappa shape index (κ1) is 22.6. The van der Waals surface area contributed by atoms with Crippen LogP contribution in [-0.2, 0) is 11.3 Å². The second-order valence-corrected chi connectivity index (χ2v) is 9.07. The molecule has 4 aromatic rings. The molecule has 0 aliphatic carbocycles. The average Bonchev–Trinajstić information content (AvgIpc) is 3.40. The molecule has 1 amide bonds. The van der Waals surface area contributed by atoms with E-state index in [1.165, 1.54) is 0 Å². The highest BCUT2D eigenvalue weighted by Gasteiger charge is 2.36. The number of imidazole rings is 1. The third kappa shape index (κ3) is 4.08. The Hall–Kier alpha value is -3.22. The van der Waals surface area contributed by atoms with Crippen molar-refractivity contribution in [3.05, 3.63) is 82.1 Å². The van der Waals surface area contributed by atoms with E-state index >= 15 is 0 Å². The Balaban J connectivity index is 1.54. The second kappa shape index (κ2) is 9.20. The molecule has 174 valence electrons. The van der Waals surface area contributed by atoms with Gasteiger partial charge < -0.3 is 18.9 Å². The standard InChI is InChI=1S/C26H23Cl2N3O3/c1-33-19-9-10-24(34-2)23(13-19)30-15-17(11-25(30)32)26-29-21-5-3-4-6-22(21)31(26)14-16-7-8-18(27)12-20(16)28/h3-10,12-13,17H,11,14-15H2,1-2H3. The number of rotatable bonds is 6. The van der Waals surface area contributed by atoms with Crippen molar-refractivity contribution in [1.29, 1.82) is 0 Å². The Morgan fingerprint density at radius 1 is 1.03 bits per heavy atom. The number of carbonyl (C=O) groups is 1. The van der Waals surface area contributed by atoms with Crippen LogP contribution >= 0.6 is 23.2 Å². The molecule has 1 fully saturated rings. The number of hydrogen-bond acceptors (Lipinski definition) is 4. The van der Waals surface area contributed by atoms with E-state index in [-0.39, 0.29) is 11.8 Å². The molecule has 0 N–H and O–H groups in total. The Bertz CT molecular complexity index is 1390. The molecule has 1 saturated heterocycles. The molecule has 1 atom stereocenters. The predicted molar refractivity (Wildman–Crippen MR) is 135 cm³/mol. The lowest BCUT2D eigenvalue weighted by Crippen LogP contribution is -2.25. The third-order valence-corrected chi connectivity index (χ3v) is 6.78. The molecule has 6 nitrogen and oxygen atoms in total. The Morgan fingerprint density at radius 3 is 2.62 bits per heavy atom. The van der Waals surface area contributed by atoms with Crippen LogP contribution in [0.3, 0.4) is 0 Å². The minimum Gasteiger partial charge on any atom is -0.497 e. The number of para-hydroxylation sites is 2. The molecule has 1 aliphatic rings. The zero-order valence-corrected chi connectivity index (χ0v) is 20.3. The van der Waals surface area contributed by atoms with Gasteiger partial charge in [0, 0.05) is 35.0 Å². The van der Waals surface area contributed by atoms with Gasteiger partial charge in [0.15, 0.2) is 0 Å². The van der Waals surface area contributed by atoms with Gasteiger partial charge in [0.25, 0.3) is 0 Å². The number of methoxy groups -OCH3 is 2. The van der Waals surface area contributed by atoms with Crippen LogP contribution in [0.5, 0.6) is 11.5 Å². The number of anilines is 1. The fourth-order valence-corrected chi connectivity index (χ4v) is 4.98. The molecule has 34 heavy (non-hydrogen) atoms. The number of aromatic nitrogens is 2. The van der Waals surface area contributed by atoms with Crippen molar-refractivity contribution in [3.8, 4) is 11.5 Å². The van der Waals surface area contributed by atoms with Crippen molar-refractivity contribution in [2.24, 2.45) is 0 Å². The highest BCUT2D eigenvalue weighted by molar-refractivity contribution is 6.35. The number of benzene rings is 3. The van der Waals surface area contributed by atoms with Crippen molar-refractivity contribution in [2.75, 3.05) is 25.7 Å². The van der Waals surface area contributed by atoms with Gasteiger partial charge in [-0.2, -0.15) is 0 Å². The summed E-state index contributed by atoms with van der Waals surface area (Å²) >= 11 is 12.6. The van der Waals surface area contributed by atoms with Gasteiger partial charge in [0.2, 0.25) is 5.91 Å². The van der Waals surface area contributed by atoms with E-state index in [4.69, 9.17) is 37.7 Å². The molecule has 0 spiro atoms. The molecular weight excluding hydrogens is 473 g/mol. The molecule has 1 aliphatic heterocycles. The fourth-order valence-electron chi connectivity index (χ4n) is 4.51. The van der Waals surface area contributed by atoms with Gasteiger partial charge >= 0.3 is 0 Å². The molecular formula is C26H23Cl2N3O3. The van der Waals surface area contributed by atoms with Crippen molar-refractivity contribution >= 4 is 45.8 Å². The van der Waals surface area contributed by atoms with Crippen molar-refractivity contribution in [2.45, 2.75) is 18.9 Å². The minimum absolute atomic E-state index is 0.0136. The predicted octanol–water partition coefficient (Wildman–Crippen LogP) is 5.93. The summed E-state index contributed by atoms with van der Waals surface area (Å²) in [6.45, 7) is 1.01. The van der Waals surface area contributed by atoms with Crippen molar-refractivity contribution in [3.63, 3.8) is 0 Å².